The Morgan fingerprint density at radius 2 is 1.97 bits per heavy atom. The van der Waals surface area contributed by atoms with Gasteiger partial charge < -0.3 is 20.9 Å². The van der Waals surface area contributed by atoms with Gasteiger partial charge in [-0.1, -0.05) is 44.2 Å². The SMILES string of the molecule is CCNC(=NCc1cccc(NC(=O)C(C)CC)c1)NC1CCN(c2ccccc2)C1. The van der Waals surface area contributed by atoms with Crippen LogP contribution in [0.1, 0.15) is 39.2 Å². The number of hydrogen-bond acceptors (Lipinski definition) is 3. The first kappa shape index (κ1) is 22.7. The van der Waals surface area contributed by atoms with Gasteiger partial charge in [-0.25, -0.2) is 4.99 Å². The number of rotatable bonds is 8. The summed E-state index contributed by atoms with van der Waals surface area (Å²) in [5, 5.41) is 9.94. The standard InChI is InChI=1S/C25H35N5O/c1-4-19(3)24(31)28-21-11-9-10-20(16-21)17-27-25(26-5-2)29-22-14-15-30(18-22)23-12-7-6-8-13-23/h6-13,16,19,22H,4-5,14-15,17-18H2,1-3H3,(H,28,31)(H2,26,27,29). The van der Waals surface area contributed by atoms with Gasteiger partial charge in [0.1, 0.15) is 0 Å². The highest BCUT2D eigenvalue weighted by Gasteiger charge is 2.23. The van der Waals surface area contributed by atoms with Crippen molar-refractivity contribution in [3.63, 3.8) is 0 Å². The van der Waals surface area contributed by atoms with E-state index in [-0.39, 0.29) is 11.8 Å². The number of hydrogen-bond donors (Lipinski definition) is 3. The highest BCUT2D eigenvalue weighted by Crippen LogP contribution is 2.19. The predicted molar refractivity (Wildman–Crippen MR) is 130 cm³/mol. The van der Waals surface area contributed by atoms with E-state index >= 15 is 0 Å². The van der Waals surface area contributed by atoms with Crippen molar-refractivity contribution in [1.29, 1.82) is 0 Å². The van der Waals surface area contributed by atoms with E-state index in [1.54, 1.807) is 0 Å². The minimum absolute atomic E-state index is 0.00750. The third-order valence-corrected chi connectivity index (χ3v) is 5.67. The lowest BCUT2D eigenvalue weighted by atomic mass is 10.1. The number of nitrogens with one attached hydrogen (secondary N) is 3. The van der Waals surface area contributed by atoms with Crippen LogP contribution in [-0.2, 0) is 11.3 Å². The van der Waals surface area contributed by atoms with Crippen molar-refractivity contribution in [2.24, 2.45) is 10.9 Å². The topological polar surface area (TPSA) is 68.8 Å². The molecule has 1 heterocycles. The summed E-state index contributed by atoms with van der Waals surface area (Å²) in [5.41, 5.74) is 3.16. The van der Waals surface area contributed by atoms with Crippen molar-refractivity contribution in [2.75, 3.05) is 29.9 Å². The molecule has 0 aromatic heterocycles. The second kappa shape index (κ2) is 11.4. The number of amides is 1. The fourth-order valence-corrected chi connectivity index (χ4v) is 3.63. The normalized spacial score (nSPS) is 17.3. The Morgan fingerprint density at radius 3 is 2.71 bits per heavy atom. The maximum atomic E-state index is 12.2. The number of para-hydroxylation sites is 1. The molecule has 0 bridgehead atoms. The van der Waals surface area contributed by atoms with Gasteiger partial charge in [-0.05, 0) is 49.6 Å². The molecule has 31 heavy (non-hydrogen) atoms. The zero-order valence-corrected chi connectivity index (χ0v) is 18.9. The van der Waals surface area contributed by atoms with Crippen molar-refractivity contribution in [2.45, 2.75) is 46.2 Å². The van der Waals surface area contributed by atoms with Gasteiger partial charge in [-0.2, -0.15) is 0 Å². The second-order valence-corrected chi connectivity index (χ2v) is 8.11. The number of guanidine groups is 1. The summed E-state index contributed by atoms with van der Waals surface area (Å²) in [6.07, 6.45) is 1.91. The maximum Gasteiger partial charge on any atom is 0.227 e. The van der Waals surface area contributed by atoms with E-state index in [9.17, 15) is 4.79 Å². The molecule has 1 aliphatic heterocycles. The van der Waals surface area contributed by atoms with Crippen LogP contribution in [0.15, 0.2) is 59.6 Å². The molecule has 1 aliphatic rings. The van der Waals surface area contributed by atoms with Crippen molar-refractivity contribution < 1.29 is 4.79 Å². The smallest absolute Gasteiger partial charge is 0.227 e. The molecule has 3 rings (SSSR count). The highest BCUT2D eigenvalue weighted by atomic mass is 16.1. The summed E-state index contributed by atoms with van der Waals surface area (Å²) >= 11 is 0. The molecule has 0 radical (unpaired) electrons. The molecule has 6 nitrogen and oxygen atoms in total. The van der Waals surface area contributed by atoms with Gasteiger partial charge in [0, 0.05) is 43.0 Å². The molecule has 1 saturated heterocycles. The van der Waals surface area contributed by atoms with Gasteiger partial charge in [0.15, 0.2) is 5.96 Å². The summed E-state index contributed by atoms with van der Waals surface area (Å²) in [7, 11) is 0. The first-order chi connectivity index (χ1) is 15.1. The predicted octanol–water partition coefficient (Wildman–Crippen LogP) is 4.01. The van der Waals surface area contributed by atoms with Crippen molar-refractivity contribution in [1.82, 2.24) is 10.6 Å². The molecular formula is C25H35N5O. The Bertz CT molecular complexity index is 867. The van der Waals surface area contributed by atoms with Crippen LogP contribution in [0.3, 0.4) is 0 Å². The van der Waals surface area contributed by atoms with Gasteiger partial charge in [0.2, 0.25) is 5.91 Å². The molecule has 1 amide bonds. The Morgan fingerprint density at radius 1 is 1.16 bits per heavy atom. The van der Waals surface area contributed by atoms with E-state index in [2.05, 4.69) is 58.1 Å². The summed E-state index contributed by atoms with van der Waals surface area (Å²) in [4.78, 5) is 19.4. The fraction of sp³-hybridized carbons (Fsp3) is 0.440. The summed E-state index contributed by atoms with van der Waals surface area (Å²) in [6.45, 7) is 9.41. The average Bonchev–Trinajstić information content (AvgIpc) is 3.26. The van der Waals surface area contributed by atoms with E-state index in [0.717, 1.165) is 49.7 Å². The molecular weight excluding hydrogens is 386 g/mol. The second-order valence-electron chi connectivity index (χ2n) is 8.11. The van der Waals surface area contributed by atoms with Crippen LogP contribution >= 0.6 is 0 Å². The van der Waals surface area contributed by atoms with Crippen LogP contribution in [0.5, 0.6) is 0 Å². The average molecular weight is 422 g/mol. The van der Waals surface area contributed by atoms with Gasteiger partial charge in [-0.15, -0.1) is 0 Å². The Kier molecular flexibility index (Phi) is 8.33. The summed E-state index contributed by atoms with van der Waals surface area (Å²) < 4.78 is 0. The fourth-order valence-electron chi connectivity index (χ4n) is 3.63. The monoisotopic (exact) mass is 421 g/mol. The van der Waals surface area contributed by atoms with Crippen LogP contribution in [0.25, 0.3) is 0 Å². The zero-order valence-electron chi connectivity index (χ0n) is 18.9. The molecule has 6 heteroatoms. The van der Waals surface area contributed by atoms with Gasteiger partial charge in [-0.3, -0.25) is 4.79 Å². The highest BCUT2D eigenvalue weighted by molar-refractivity contribution is 5.92. The van der Waals surface area contributed by atoms with Gasteiger partial charge in [0.05, 0.1) is 6.54 Å². The third kappa shape index (κ3) is 6.74. The van der Waals surface area contributed by atoms with Crippen molar-refractivity contribution in [3.05, 3.63) is 60.2 Å². The van der Waals surface area contributed by atoms with E-state index < -0.39 is 0 Å². The molecule has 2 unspecified atom stereocenters. The minimum atomic E-state index is 0.00750. The van der Waals surface area contributed by atoms with Crippen LogP contribution in [0.2, 0.25) is 0 Å². The quantitative estimate of drug-likeness (QED) is 0.445. The molecule has 3 N–H and O–H groups in total. The lowest BCUT2D eigenvalue weighted by Crippen LogP contribution is -2.44. The molecule has 0 aliphatic carbocycles. The first-order valence-electron chi connectivity index (χ1n) is 11.3. The molecule has 1 fully saturated rings. The Balaban J connectivity index is 1.58. The van der Waals surface area contributed by atoms with Gasteiger partial charge in [0.25, 0.3) is 0 Å². The summed E-state index contributed by atoms with van der Waals surface area (Å²) in [5.74, 6) is 0.895. The first-order valence-corrected chi connectivity index (χ1v) is 11.3. The lowest BCUT2D eigenvalue weighted by Gasteiger charge is -2.20. The van der Waals surface area contributed by atoms with E-state index in [1.165, 1.54) is 5.69 Å². The molecule has 0 saturated carbocycles. The zero-order chi connectivity index (χ0) is 22.1. The third-order valence-electron chi connectivity index (χ3n) is 5.67. The maximum absolute atomic E-state index is 12.2. The van der Waals surface area contributed by atoms with E-state index in [1.807, 2.05) is 38.1 Å². The number of aliphatic imine (C=N–C) groups is 1. The largest absolute Gasteiger partial charge is 0.369 e. The van der Waals surface area contributed by atoms with Gasteiger partial charge >= 0.3 is 0 Å². The van der Waals surface area contributed by atoms with E-state index in [0.29, 0.717) is 12.6 Å². The Labute approximate surface area is 186 Å². The number of carbonyl (C=O) groups excluding carboxylic acids is 1. The molecule has 2 aromatic carbocycles. The molecule has 166 valence electrons. The Hall–Kier alpha value is -3.02. The van der Waals surface area contributed by atoms with Crippen molar-refractivity contribution >= 4 is 23.2 Å². The molecule has 2 atom stereocenters. The number of anilines is 2. The number of nitrogens with zero attached hydrogens (tertiary/aromatic N) is 2. The number of benzene rings is 2. The van der Waals surface area contributed by atoms with E-state index in [4.69, 9.17) is 4.99 Å². The molecule has 0 spiro atoms. The van der Waals surface area contributed by atoms with Crippen molar-refractivity contribution in [3.8, 4) is 0 Å². The number of carbonyl (C=O) groups is 1. The molecule has 2 aromatic rings. The summed E-state index contributed by atoms with van der Waals surface area (Å²) in [6, 6.07) is 18.8. The minimum Gasteiger partial charge on any atom is -0.369 e. The van der Waals surface area contributed by atoms with Crippen LogP contribution in [0, 0.1) is 5.92 Å². The van der Waals surface area contributed by atoms with Crippen LogP contribution in [-0.4, -0.2) is 37.5 Å². The van der Waals surface area contributed by atoms with Crippen LogP contribution in [0.4, 0.5) is 11.4 Å². The van der Waals surface area contributed by atoms with Crippen LogP contribution < -0.4 is 20.9 Å². The lowest BCUT2D eigenvalue weighted by molar-refractivity contribution is -0.119.